The summed E-state index contributed by atoms with van der Waals surface area (Å²) in [4.78, 5) is 26.3. The summed E-state index contributed by atoms with van der Waals surface area (Å²) in [6, 6.07) is 3.20. The van der Waals surface area contributed by atoms with Crippen molar-refractivity contribution in [2.24, 2.45) is 0 Å². The fourth-order valence-corrected chi connectivity index (χ4v) is 3.95. The van der Waals surface area contributed by atoms with Crippen molar-refractivity contribution >= 4 is 17.7 Å². The van der Waals surface area contributed by atoms with Crippen LogP contribution in [0.2, 0.25) is 0 Å². The lowest BCUT2D eigenvalue weighted by atomic mass is 9.86. The molecule has 0 unspecified atom stereocenters. The summed E-state index contributed by atoms with van der Waals surface area (Å²) < 4.78 is 49.4. The molecule has 172 valence electrons. The van der Waals surface area contributed by atoms with Crippen LogP contribution < -0.4 is 10.1 Å². The Balaban J connectivity index is 1.91. The number of ether oxygens (including phenoxy) is 2. The molecule has 1 aromatic rings. The number of anilines is 1. The maximum Gasteiger partial charge on any atom is 0.410 e. The van der Waals surface area contributed by atoms with E-state index in [1.807, 2.05) is 6.07 Å². The zero-order chi connectivity index (χ0) is 23.0. The van der Waals surface area contributed by atoms with E-state index in [0.29, 0.717) is 17.9 Å². The predicted molar refractivity (Wildman–Crippen MR) is 109 cm³/mol. The molecule has 2 atom stereocenters. The molecule has 2 aliphatic rings. The summed E-state index contributed by atoms with van der Waals surface area (Å²) in [5.41, 5.74) is 1.50. The van der Waals surface area contributed by atoms with Gasteiger partial charge in [-0.25, -0.2) is 4.79 Å². The highest BCUT2D eigenvalue weighted by Gasteiger charge is 2.35. The fraction of sp³-hybridized carbons (Fsp3) is 0.636. The van der Waals surface area contributed by atoms with E-state index in [4.69, 9.17) is 9.47 Å². The molecule has 1 aliphatic heterocycles. The highest BCUT2D eigenvalue weighted by Crippen LogP contribution is 2.42. The highest BCUT2D eigenvalue weighted by atomic mass is 19.4. The second-order valence-corrected chi connectivity index (χ2v) is 9.10. The van der Waals surface area contributed by atoms with Gasteiger partial charge in [-0.1, -0.05) is 0 Å². The molecular weight excluding hydrogens is 413 g/mol. The van der Waals surface area contributed by atoms with Gasteiger partial charge in [-0.3, -0.25) is 4.79 Å². The lowest BCUT2D eigenvalue weighted by molar-refractivity contribution is -0.136. The molecule has 31 heavy (non-hydrogen) atoms. The first-order valence-corrected chi connectivity index (χ1v) is 10.5. The molecule has 2 amide bonds. The van der Waals surface area contributed by atoms with Gasteiger partial charge in [0.2, 0.25) is 0 Å². The molecule has 0 spiro atoms. The van der Waals surface area contributed by atoms with E-state index >= 15 is 0 Å². The van der Waals surface area contributed by atoms with Gasteiger partial charge in [0.1, 0.15) is 11.4 Å². The fourth-order valence-electron chi connectivity index (χ4n) is 3.95. The number of carbonyl (C=O) groups is 2. The Hall–Kier alpha value is -2.45. The minimum absolute atomic E-state index is 0.0739. The van der Waals surface area contributed by atoms with Gasteiger partial charge in [0, 0.05) is 13.0 Å². The third-order valence-electron chi connectivity index (χ3n) is 5.32. The number of alkyl halides is 3. The van der Waals surface area contributed by atoms with Crippen LogP contribution in [0.1, 0.15) is 70.5 Å². The first-order chi connectivity index (χ1) is 14.3. The summed E-state index contributed by atoms with van der Waals surface area (Å²) in [7, 11) is 0. The molecule has 9 heteroatoms. The quantitative estimate of drug-likeness (QED) is 0.681. The van der Waals surface area contributed by atoms with Crippen molar-refractivity contribution in [3.05, 3.63) is 23.3 Å². The molecule has 1 heterocycles. The SMILES string of the molecule is C[C@@H]1Oc2cc3c(cc2NC1=O)[C@H](N(CCCC(F)(F)F)C(=O)OC(C)(C)C)CCC3. The smallest absolute Gasteiger partial charge is 0.410 e. The van der Waals surface area contributed by atoms with Crippen molar-refractivity contribution in [2.45, 2.75) is 83.7 Å². The maximum atomic E-state index is 12.9. The van der Waals surface area contributed by atoms with Crippen molar-refractivity contribution in [2.75, 3.05) is 11.9 Å². The summed E-state index contributed by atoms with van der Waals surface area (Å²) in [5, 5.41) is 2.80. The lowest BCUT2D eigenvalue weighted by Gasteiger charge is -2.38. The van der Waals surface area contributed by atoms with Gasteiger partial charge < -0.3 is 19.7 Å². The number of aryl methyl sites for hydroxylation is 1. The largest absolute Gasteiger partial charge is 0.479 e. The number of hydrogen-bond acceptors (Lipinski definition) is 4. The Morgan fingerprint density at radius 3 is 2.65 bits per heavy atom. The molecule has 0 bridgehead atoms. The number of fused-ring (bicyclic) bond motifs is 2. The second kappa shape index (κ2) is 8.59. The van der Waals surface area contributed by atoms with Crippen LogP contribution in [0.25, 0.3) is 0 Å². The topological polar surface area (TPSA) is 67.9 Å². The van der Waals surface area contributed by atoms with Crippen LogP contribution in [-0.4, -0.2) is 41.3 Å². The monoisotopic (exact) mass is 442 g/mol. The van der Waals surface area contributed by atoms with Crippen molar-refractivity contribution in [1.82, 2.24) is 4.90 Å². The van der Waals surface area contributed by atoms with E-state index in [2.05, 4.69) is 5.32 Å². The van der Waals surface area contributed by atoms with Crippen molar-refractivity contribution in [3.63, 3.8) is 0 Å². The predicted octanol–water partition coefficient (Wildman–Crippen LogP) is 5.36. The zero-order valence-electron chi connectivity index (χ0n) is 18.3. The third-order valence-corrected chi connectivity index (χ3v) is 5.32. The Kier molecular flexibility index (Phi) is 6.43. The first kappa shape index (κ1) is 23.2. The molecule has 1 aromatic carbocycles. The summed E-state index contributed by atoms with van der Waals surface area (Å²) >= 11 is 0. The Labute approximate surface area is 180 Å². The minimum Gasteiger partial charge on any atom is -0.479 e. The van der Waals surface area contributed by atoms with E-state index < -0.39 is 36.4 Å². The molecule has 0 radical (unpaired) electrons. The molecule has 1 N–H and O–H groups in total. The van der Waals surface area contributed by atoms with Gasteiger partial charge in [0.05, 0.1) is 11.7 Å². The second-order valence-electron chi connectivity index (χ2n) is 9.10. The van der Waals surface area contributed by atoms with E-state index in [1.165, 1.54) is 4.90 Å². The number of nitrogens with one attached hydrogen (secondary N) is 1. The van der Waals surface area contributed by atoms with Gasteiger partial charge >= 0.3 is 12.3 Å². The summed E-state index contributed by atoms with van der Waals surface area (Å²) in [5.74, 6) is 0.293. The normalized spacial score (nSPS) is 20.8. The average molecular weight is 442 g/mol. The van der Waals surface area contributed by atoms with E-state index in [9.17, 15) is 22.8 Å². The maximum absolute atomic E-state index is 12.9. The molecule has 3 rings (SSSR count). The van der Waals surface area contributed by atoms with Gasteiger partial charge in [-0.15, -0.1) is 0 Å². The zero-order valence-corrected chi connectivity index (χ0v) is 18.3. The average Bonchev–Trinajstić information content (AvgIpc) is 2.62. The number of amides is 2. The molecule has 0 saturated carbocycles. The molecule has 0 saturated heterocycles. The Morgan fingerprint density at radius 1 is 1.29 bits per heavy atom. The lowest BCUT2D eigenvalue weighted by Crippen LogP contribution is -2.41. The molecule has 6 nitrogen and oxygen atoms in total. The molecule has 1 aliphatic carbocycles. The summed E-state index contributed by atoms with van der Waals surface area (Å²) in [6.45, 7) is 6.75. The number of benzene rings is 1. The van der Waals surface area contributed by atoms with E-state index in [1.54, 1.807) is 33.8 Å². The highest BCUT2D eigenvalue weighted by molar-refractivity contribution is 5.97. The van der Waals surface area contributed by atoms with Crippen molar-refractivity contribution < 1.29 is 32.2 Å². The van der Waals surface area contributed by atoms with Crippen LogP contribution in [0.15, 0.2) is 12.1 Å². The Bertz CT molecular complexity index is 848. The van der Waals surface area contributed by atoms with Gasteiger partial charge in [0.15, 0.2) is 6.10 Å². The standard InChI is InChI=1S/C22H29F3N2O4/c1-13-19(28)26-16-12-15-14(11-18(16)30-13)7-5-8-17(15)27(10-6-9-22(23,24)25)20(29)31-21(2,3)4/h11-13,17H,5-10H2,1-4H3,(H,26,28)/t13-,17+/m0/s1. The third kappa shape index (κ3) is 5.83. The minimum atomic E-state index is -4.29. The number of hydrogen-bond donors (Lipinski definition) is 1. The van der Waals surface area contributed by atoms with Gasteiger partial charge in [0.25, 0.3) is 5.91 Å². The molecular formula is C22H29F3N2O4. The van der Waals surface area contributed by atoms with Crippen LogP contribution in [-0.2, 0) is 16.0 Å². The van der Waals surface area contributed by atoms with Gasteiger partial charge in [-0.2, -0.15) is 13.2 Å². The van der Waals surface area contributed by atoms with Crippen LogP contribution in [0, 0.1) is 0 Å². The molecule has 0 fully saturated rings. The van der Waals surface area contributed by atoms with Crippen molar-refractivity contribution in [3.8, 4) is 5.75 Å². The number of carbonyl (C=O) groups excluding carboxylic acids is 2. The summed E-state index contributed by atoms with van der Waals surface area (Å²) in [6.07, 6.45) is -4.59. The molecule has 0 aromatic heterocycles. The van der Waals surface area contributed by atoms with E-state index in [-0.39, 0.29) is 18.9 Å². The van der Waals surface area contributed by atoms with Crippen LogP contribution in [0.3, 0.4) is 0 Å². The van der Waals surface area contributed by atoms with Crippen LogP contribution in [0.5, 0.6) is 5.75 Å². The van der Waals surface area contributed by atoms with E-state index in [0.717, 1.165) is 24.0 Å². The first-order valence-electron chi connectivity index (χ1n) is 10.5. The number of nitrogens with zero attached hydrogens (tertiary/aromatic N) is 1. The number of halogens is 3. The van der Waals surface area contributed by atoms with Crippen molar-refractivity contribution in [1.29, 1.82) is 0 Å². The van der Waals surface area contributed by atoms with Crippen LogP contribution in [0.4, 0.5) is 23.7 Å². The van der Waals surface area contributed by atoms with Crippen LogP contribution >= 0.6 is 0 Å². The Morgan fingerprint density at radius 2 is 2.00 bits per heavy atom. The number of rotatable bonds is 4. The van der Waals surface area contributed by atoms with Gasteiger partial charge in [-0.05, 0) is 76.6 Å².